The van der Waals surface area contributed by atoms with Gasteiger partial charge in [0.25, 0.3) is 5.89 Å². The molecular formula is C8H9F2NO3. The normalized spacial score (nSPS) is 11.6. The fourth-order valence-corrected chi connectivity index (χ4v) is 0.856. The molecule has 0 aromatic carbocycles. The van der Waals surface area contributed by atoms with Gasteiger partial charge in [-0.1, -0.05) is 0 Å². The highest BCUT2D eigenvalue weighted by Crippen LogP contribution is 2.26. The Morgan fingerprint density at radius 1 is 1.71 bits per heavy atom. The van der Waals surface area contributed by atoms with Crippen molar-refractivity contribution in [2.24, 2.45) is 0 Å². The Hall–Kier alpha value is -1.46. The molecule has 0 amide bonds. The second-order valence-electron chi connectivity index (χ2n) is 2.91. The molecule has 0 atom stereocenters. The third-order valence-electron chi connectivity index (χ3n) is 1.51. The number of halogens is 2. The van der Waals surface area contributed by atoms with Crippen molar-refractivity contribution in [1.29, 1.82) is 0 Å². The number of hydrogen-bond acceptors (Lipinski definition) is 3. The van der Waals surface area contributed by atoms with E-state index in [9.17, 15) is 13.6 Å². The molecule has 0 aliphatic heterocycles. The summed E-state index contributed by atoms with van der Waals surface area (Å²) in [7, 11) is 0. The van der Waals surface area contributed by atoms with Crippen LogP contribution in [-0.4, -0.2) is 16.1 Å². The van der Waals surface area contributed by atoms with Gasteiger partial charge < -0.3 is 9.52 Å². The highest BCUT2D eigenvalue weighted by Gasteiger charge is 2.30. The molecule has 0 aliphatic rings. The number of aromatic nitrogens is 1. The molecule has 4 nitrogen and oxygen atoms in total. The van der Waals surface area contributed by atoms with Crippen LogP contribution < -0.4 is 0 Å². The molecule has 1 rings (SSSR count). The zero-order chi connectivity index (χ0) is 10.8. The SMILES string of the molecule is CC(F)(F)c1ncc(CCC(=O)O)o1. The molecule has 1 heterocycles. The van der Waals surface area contributed by atoms with Crippen LogP contribution in [0.5, 0.6) is 0 Å². The third-order valence-corrected chi connectivity index (χ3v) is 1.51. The van der Waals surface area contributed by atoms with Gasteiger partial charge in [-0.3, -0.25) is 4.79 Å². The Morgan fingerprint density at radius 2 is 2.36 bits per heavy atom. The second-order valence-corrected chi connectivity index (χ2v) is 2.91. The molecule has 0 saturated heterocycles. The first-order valence-corrected chi connectivity index (χ1v) is 3.94. The van der Waals surface area contributed by atoms with E-state index in [1.54, 1.807) is 0 Å². The van der Waals surface area contributed by atoms with E-state index in [0.29, 0.717) is 6.92 Å². The summed E-state index contributed by atoms with van der Waals surface area (Å²) in [5.74, 6) is -4.66. The van der Waals surface area contributed by atoms with Gasteiger partial charge in [0, 0.05) is 13.3 Å². The number of hydrogen-bond donors (Lipinski definition) is 1. The predicted octanol–water partition coefficient (Wildman–Crippen LogP) is 1.80. The number of alkyl halides is 2. The first-order chi connectivity index (χ1) is 6.39. The maximum Gasteiger partial charge on any atom is 0.319 e. The van der Waals surface area contributed by atoms with Crippen molar-refractivity contribution < 1.29 is 23.1 Å². The maximum absolute atomic E-state index is 12.6. The van der Waals surface area contributed by atoms with Crippen molar-refractivity contribution in [2.75, 3.05) is 0 Å². The number of nitrogens with zero attached hydrogens (tertiary/aromatic N) is 1. The van der Waals surface area contributed by atoms with Crippen LogP contribution in [0.2, 0.25) is 0 Å². The van der Waals surface area contributed by atoms with Crippen molar-refractivity contribution in [3.63, 3.8) is 0 Å². The minimum Gasteiger partial charge on any atom is -0.481 e. The Labute approximate surface area is 78.6 Å². The fourth-order valence-electron chi connectivity index (χ4n) is 0.856. The van der Waals surface area contributed by atoms with E-state index >= 15 is 0 Å². The van der Waals surface area contributed by atoms with E-state index in [1.807, 2.05) is 0 Å². The molecule has 78 valence electrons. The smallest absolute Gasteiger partial charge is 0.319 e. The molecule has 1 aromatic heterocycles. The highest BCUT2D eigenvalue weighted by molar-refractivity contribution is 5.66. The van der Waals surface area contributed by atoms with E-state index in [-0.39, 0.29) is 18.6 Å². The van der Waals surface area contributed by atoms with E-state index in [1.165, 1.54) is 0 Å². The Kier molecular flexibility index (Phi) is 2.83. The Bertz CT molecular complexity index is 330. The standard InChI is InChI=1S/C8H9F2NO3/c1-8(9,10)7-11-4-5(14-7)2-3-6(12)13/h4H,2-3H2,1H3,(H,12,13). The third kappa shape index (κ3) is 2.79. The monoisotopic (exact) mass is 205 g/mol. The van der Waals surface area contributed by atoms with E-state index in [4.69, 9.17) is 5.11 Å². The molecule has 6 heteroatoms. The first-order valence-electron chi connectivity index (χ1n) is 3.94. The number of carboxylic acids is 1. The van der Waals surface area contributed by atoms with Crippen molar-refractivity contribution in [2.45, 2.75) is 25.7 Å². The Balaban J connectivity index is 2.64. The van der Waals surface area contributed by atoms with Gasteiger partial charge in [-0.2, -0.15) is 8.78 Å². The van der Waals surface area contributed by atoms with Crippen molar-refractivity contribution >= 4 is 5.97 Å². The van der Waals surface area contributed by atoms with E-state index in [2.05, 4.69) is 9.40 Å². The van der Waals surface area contributed by atoms with Gasteiger partial charge in [0.15, 0.2) is 0 Å². The lowest BCUT2D eigenvalue weighted by Gasteiger charge is -2.02. The zero-order valence-electron chi connectivity index (χ0n) is 7.46. The number of rotatable bonds is 4. The summed E-state index contributed by atoms with van der Waals surface area (Å²) >= 11 is 0. The number of oxazole rings is 1. The molecule has 0 bridgehead atoms. The van der Waals surface area contributed by atoms with Crippen LogP contribution >= 0.6 is 0 Å². The zero-order valence-corrected chi connectivity index (χ0v) is 7.46. The van der Waals surface area contributed by atoms with Gasteiger partial charge in [-0.15, -0.1) is 0 Å². The molecule has 0 saturated carbocycles. The van der Waals surface area contributed by atoms with Gasteiger partial charge in [0.1, 0.15) is 5.76 Å². The quantitative estimate of drug-likeness (QED) is 0.814. The van der Waals surface area contributed by atoms with Crippen LogP contribution in [0.3, 0.4) is 0 Å². The van der Waals surface area contributed by atoms with Crippen molar-refractivity contribution in [1.82, 2.24) is 4.98 Å². The highest BCUT2D eigenvalue weighted by atomic mass is 19.3. The molecule has 0 fully saturated rings. The first kappa shape index (κ1) is 10.6. The van der Waals surface area contributed by atoms with E-state index < -0.39 is 17.8 Å². The van der Waals surface area contributed by atoms with Crippen molar-refractivity contribution in [3.05, 3.63) is 17.8 Å². The summed E-state index contributed by atoms with van der Waals surface area (Å²) in [5, 5.41) is 8.33. The van der Waals surface area contributed by atoms with E-state index in [0.717, 1.165) is 6.20 Å². The van der Waals surface area contributed by atoms with Crippen LogP contribution in [-0.2, 0) is 17.1 Å². The molecule has 0 spiro atoms. The summed E-state index contributed by atoms with van der Waals surface area (Å²) in [4.78, 5) is 13.5. The summed E-state index contributed by atoms with van der Waals surface area (Å²) in [6.45, 7) is 0.666. The van der Waals surface area contributed by atoms with Gasteiger partial charge in [-0.05, 0) is 0 Å². The van der Waals surface area contributed by atoms with Crippen LogP contribution in [0, 0.1) is 0 Å². The summed E-state index contributed by atoms with van der Waals surface area (Å²) in [5.41, 5.74) is 0. The molecule has 1 N–H and O–H groups in total. The lowest BCUT2D eigenvalue weighted by Crippen LogP contribution is -2.06. The van der Waals surface area contributed by atoms with Crippen LogP contribution in [0.15, 0.2) is 10.6 Å². The molecule has 14 heavy (non-hydrogen) atoms. The molecule has 1 aromatic rings. The minimum absolute atomic E-state index is 0.0679. The summed E-state index contributed by atoms with van der Waals surface area (Å²) in [6.07, 6.45) is 1.03. The summed E-state index contributed by atoms with van der Waals surface area (Å²) < 4.78 is 29.9. The molecule has 0 aliphatic carbocycles. The largest absolute Gasteiger partial charge is 0.481 e. The van der Waals surface area contributed by atoms with Crippen molar-refractivity contribution in [3.8, 4) is 0 Å². The average molecular weight is 205 g/mol. The number of carboxylic acid groups (broad SMARTS) is 1. The van der Waals surface area contributed by atoms with Gasteiger partial charge in [0.2, 0.25) is 0 Å². The van der Waals surface area contributed by atoms with Gasteiger partial charge >= 0.3 is 11.9 Å². The van der Waals surface area contributed by atoms with Crippen LogP contribution in [0.25, 0.3) is 0 Å². The molecule has 0 radical (unpaired) electrons. The topological polar surface area (TPSA) is 63.3 Å². The van der Waals surface area contributed by atoms with Crippen LogP contribution in [0.4, 0.5) is 8.78 Å². The number of carbonyl (C=O) groups is 1. The van der Waals surface area contributed by atoms with Crippen LogP contribution in [0.1, 0.15) is 25.0 Å². The molecular weight excluding hydrogens is 196 g/mol. The van der Waals surface area contributed by atoms with Gasteiger partial charge in [0.05, 0.1) is 12.6 Å². The number of aliphatic carboxylic acids is 1. The average Bonchev–Trinajstić information content (AvgIpc) is 2.47. The lowest BCUT2D eigenvalue weighted by molar-refractivity contribution is -0.137. The minimum atomic E-state index is -3.12. The maximum atomic E-state index is 12.6. The summed E-state index contributed by atoms with van der Waals surface area (Å²) in [6, 6.07) is 0. The molecule has 0 unspecified atom stereocenters. The fraction of sp³-hybridized carbons (Fsp3) is 0.500. The number of aryl methyl sites for hydroxylation is 1. The van der Waals surface area contributed by atoms with Gasteiger partial charge in [-0.25, -0.2) is 4.98 Å². The lowest BCUT2D eigenvalue weighted by atomic mass is 10.3. The predicted molar refractivity (Wildman–Crippen MR) is 42.0 cm³/mol. The second kappa shape index (κ2) is 3.73. The Morgan fingerprint density at radius 3 is 2.79 bits per heavy atom.